The molecule has 0 saturated heterocycles. The number of carbonyl (C=O) groups excluding carboxylic acids is 3. The van der Waals surface area contributed by atoms with Crippen molar-refractivity contribution < 1.29 is 23.5 Å². The molecule has 3 amide bonds. The van der Waals surface area contributed by atoms with Gasteiger partial charge < -0.3 is 25.6 Å². The number of benzene rings is 2. The molecule has 3 N–H and O–H groups in total. The van der Waals surface area contributed by atoms with Crippen LogP contribution in [-0.4, -0.2) is 69.0 Å². The van der Waals surface area contributed by atoms with E-state index in [4.69, 9.17) is 16.3 Å². The van der Waals surface area contributed by atoms with Crippen LogP contribution >= 0.6 is 11.6 Å². The number of halogens is 2. The van der Waals surface area contributed by atoms with E-state index in [1.165, 1.54) is 17.0 Å². The number of ether oxygens (including phenoxy) is 1. The number of hydrogen-bond acceptors (Lipinski definition) is 5. The minimum absolute atomic E-state index is 0.0341. The third-order valence-electron chi connectivity index (χ3n) is 6.53. The quantitative estimate of drug-likeness (QED) is 0.185. The van der Waals surface area contributed by atoms with E-state index in [2.05, 4.69) is 29.8 Å². The van der Waals surface area contributed by atoms with Gasteiger partial charge in [-0.2, -0.15) is 0 Å². The highest BCUT2D eigenvalue weighted by atomic mass is 35.5. The number of likely N-dealkylation sites (N-methyl/N-ethyl adjacent to an activating group) is 2. The van der Waals surface area contributed by atoms with E-state index in [-0.39, 0.29) is 30.1 Å². The summed E-state index contributed by atoms with van der Waals surface area (Å²) in [6.45, 7) is 9.90. The zero-order chi connectivity index (χ0) is 30.6. The molecule has 0 aliphatic rings. The lowest BCUT2D eigenvalue weighted by molar-refractivity contribution is -0.137. The molecule has 0 heterocycles. The molecule has 41 heavy (non-hydrogen) atoms. The van der Waals surface area contributed by atoms with Crippen LogP contribution in [0.25, 0.3) is 0 Å². The van der Waals surface area contributed by atoms with Gasteiger partial charge in [0.1, 0.15) is 18.2 Å². The van der Waals surface area contributed by atoms with Gasteiger partial charge in [0, 0.05) is 31.7 Å². The Labute approximate surface area is 249 Å². The van der Waals surface area contributed by atoms with Gasteiger partial charge in [0.05, 0.1) is 12.6 Å². The van der Waals surface area contributed by atoms with E-state index < -0.39 is 6.04 Å². The van der Waals surface area contributed by atoms with E-state index in [0.29, 0.717) is 43.4 Å². The van der Waals surface area contributed by atoms with Gasteiger partial charge >= 0.3 is 0 Å². The molecule has 0 aliphatic carbocycles. The molecule has 0 spiro atoms. The fourth-order valence-corrected chi connectivity index (χ4v) is 4.38. The van der Waals surface area contributed by atoms with Crippen LogP contribution in [0.1, 0.15) is 51.2 Å². The second kappa shape index (κ2) is 20.7. The molecule has 2 aromatic carbocycles. The van der Waals surface area contributed by atoms with Crippen molar-refractivity contribution in [2.24, 2.45) is 5.92 Å². The van der Waals surface area contributed by atoms with Gasteiger partial charge in [0.15, 0.2) is 0 Å². The molecule has 0 fully saturated rings. The number of rotatable bonds is 17. The zero-order valence-corrected chi connectivity index (χ0v) is 25.7. The first kappa shape index (κ1) is 35.9. The Morgan fingerprint density at radius 3 is 2.34 bits per heavy atom. The van der Waals surface area contributed by atoms with E-state index in [1.807, 2.05) is 26.0 Å². The Balaban J connectivity index is 0.000000895. The van der Waals surface area contributed by atoms with Gasteiger partial charge in [-0.1, -0.05) is 62.1 Å². The predicted molar refractivity (Wildman–Crippen MR) is 163 cm³/mol. The normalized spacial score (nSPS) is 11.2. The summed E-state index contributed by atoms with van der Waals surface area (Å²) in [5.74, 6) is 0.420. The number of nitrogens with one attached hydrogen (secondary N) is 3. The average Bonchev–Trinajstić information content (AvgIpc) is 2.95. The van der Waals surface area contributed by atoms with Crippen molar-refractivity contribution in [3.05, 3.63) is 64.4 Å². The molecule has 8 nitrogen and oxygen atoms in total. The molecule has 228 valence electrons. The SMILES string of the molecule is CCNC(=O)CN(C)C(=O)C(NCCOc1cc(Cl)ccc1CCCNC=O)C(CC)CC.Cc1ccc(F)cc1. The number of hydrogen-bond donors (Lipinski definition) is 3. The Morgan fingerprint density at radius 2 is 1.76 bits per heavy atom. The van der Waals surface area contributed by atoms with Crippen molar-refractivity contribution in [2.45, 2.75) is 59.4 Å². The fraction of sp³-hybridized carbons (Fsp3) is 0.516. The fourth-order valence-electron chi connectivity index (χ4n) is 4.22. The second-order valence-electron chi connectivity index (χ2n) is 9.73. The molecule has 10 heteroatoms. The topological polar surface area (TPSA) is 99.8 Å². The highest BCUT2D eigenvalue weighted by Crippen LogP contribution is 2.24. The lowest BCUT2D eigenvalue weighted by Crippen LogP contribution is -2.52. The first-order chi connectivity index (χ1) is 19.7. The summed E-state index contributed by atoms with van der Waals surface area (Å²) in [6, 6.07) is 11.5. The molecule has 0 saturated carbocycles. The van der Waals surface area contributed by atoms with Crippen LogP contribution in [0.3, 0.4) is 0 Å². The maximum Gasteiger partial charge on any atom is 0.240 e. The van der Waals surface area contributed by atoms with Crippen molar-refractivity contribution >= 4 is 29.8 Å². The van der Waals surface area contributed by atoms with E-state index in [9.17, 15) is 18.8 Å². The van der Waals surface area contributed by atoms with Crippen molar-refractivity contribution in [3.8, 4) is 5.75 Å². The molecular weight excluding hydrogens is 547 g/mol. The zero-order valence-electron chi connectivity index (χ0n) is 25.0. The summed E-state index contributed by atoms with van der Waals surface area (Å²) >= 11 is 6.15. The molecule has 0 bridgehead atoms. The largest absolute Gasteiger partial charge is 0.492 e. The second-order valence-corrected chi connectivity index (χ2v) is 10.2. The minimum Gasteiger partial charge on any atom is -0.492 e. The summed E-state index contributed by atoms with van der Waals surface area (Å²) < 4.78 is 18.1. The third-order valence-corrected chi connectivity index (χ3v) is 6.77. The molecule has 0 aromatic heterocycles. The number of amides is 3. The Hall–Kier alpha value is -3.17. The maximum absolute atomic E-state index is 13.1. The lowest BCUT2D eigenvalue weighted by atomic mass is 9.93. The van der Waals surface area contributed by atoms with Crippen LogP contribution in [0.2, 0.25) is 5.02 Å². The van der Waals surface area contributed by atoms with Gasteiger partial charge in [-0.25, -0.2) is 4.39 Å². The van der Waals surface area contributed by atoms with Crippen molar-refractivity contribution in [2.75, 3.05) is 39.8 Å². The number of aryl methyl sites for hydroxylation is 2. The van der Waals surface area contributed by atoms with Crippen molar-refractivity contribution in [1.29, 1.82) is 0 Å². The monoisotopic (exact) mass is 592 g/mol. The van der Waals surface area contributed by atoms with E-state index in [0.717, 1.165) is 36.8 Å². The van der Waals surface area contributed by atoms with Crippen LogP contribution in [-0.2, 0) is 20.8 Å². The first-order valence-electron chi connectivity index (χ1n) is 14.2. The molecular formula is C31H46ClFN4O4. The highest BCUT2D eigenvalue weighted by Gasteiger charge is 2.28. The van der Waals surface area contributed by atoms with Crippen LogP contribution in [0.5, 0.6) is 5.75 Å². The van der Waals surface area contributed by atoms with Crippen molar-refractivity contribution in [1.82, 2.24) is 20.9 Å². The minimum atomic E-state index is -0.392. The summed E-state index contributed by atoms with van der Waals surface area (Å²) in [5, 5.41) is 9.31. The van der Waals surface area contributed by atoms with E-state index >= 15 is 0 Å². The highest BCUT2D eigenvalue weighted by molar-refractivity contribution is 6.30. The summed E-state index contributed by atoms with van der Waals surface area (Å²) in [5.41, 5.74) is 2.10. The van der Waals surface area contributed by atoms with Crippen molar-refractivity contribution in [3.63, 3.8) is 0 Å². The molecule has 0 radical (unpaired) electrons. The number of carbonyl (C=O) groups is 3. The first-order valence-corrected chi connectivity index (χ1v) is 14.6. The van der Waals surface area contributed by atoms with E-state index in [1.54, 1.807) is 25.2 Å². The molecule has 0 aliphatic heterocycles. The standard InChI is InChI=1S/C24H39ClN4O4.C7H7F/c1-5-18(6-2)23(24(32)29(4)16-22(31)27-7-3)28-13-14-33-21-15-20(25)11-10-19(21)9-8-12-26-17-30;1-6-2-4-7(8)5-3-6/h10-11,15,17-18,23,28H,5-9,12-14,16H2,1-4H3,(H,26,30)(H,27,31);2-5H,1H3. The maximum atomic E-state index is 13.1. The summed E-state index contributed by atoms with van der Waals surface area (Å²) in [4.78, 5) is 36.9. The van der Waals surface area contributed by atoms with Gasteiger partial charge in [-0.15, -0.1) is 0 Å². The van der Waals surface area contributed by atoms with Gasteiger partial charge in [0.25, 0.3) is 0 Å². The smallest absolute Gasteiger partial charge is 0.240 e. The Bertz CT molecular complexity index is 1030. The average molecular weight is 593 g/mol. The Kier molecular flexibility index (Phi) is 18.1. The Morgan fingerprint density at radius 1 is 1.07 bits per heavy atom. The van der Waals surface area contributed by atoms with Crippen LogP contribution in [0.15, 0.2) is 42.5 Å². The lowest BCUT2D eigenvalue weighted by Gasteiger charge is -2.29. The molecule has 1 unspecified atom stereocenters. The van der Waals surface area contributed by atoms with Crippen LogP contribution < -0.4 is 20.7 Å². The molecule has 2 rings (SSSR count). The molecule has 2 aromatic rings. The molecule has 1 atom stereocenters. The van der Waals surface area contributed by atoms with Gasteiger partial charge in [-0.3, -0.25) is 14.4 Å². The number of nitrogens with zero attached hydrogens (tertiary/aromatic N) is 1. The van der Waals surface area contributed by atoms with Gasteiger partial charge in [-0.05, 0) is 62.4 Å². The van der Waals surface area contributed by atoms with Gasteiger partial charge in [0.2, 0.25) is 18.2 Å². The summed E-state index contributed by atoms with van der Waals surface area (Å²) in [6.07, 6.45) is 3.93. The summed E-state index contributed by atoms with van der Waals surface area (Å²) in [7, 11) is 1.66. The third kappa shape index (κ3) is 14.3. The predicted octanol–water partition coefficient (Wildman–Crippen LogP) is 4.52. The van der Waals surface area contributed by atoms with Crippen LogP contribution in [0.4, 0.5) is 4.39 Å². The van der Waals surface area contributed by atoms with Crippen LogP contribution in [0, 0.1) is 18.7 Å².